The van der Waals surface area contributed by atoms with E-state index in [1.54, 1.807) is 0 Å². The lowest BCUT2D eigenvalue weighted by molar-refractivity contribution is 0.270. The lowest BCUT2D eigenvalue weighted by atomic mass is 9.81. The summed E-state index contributed by atoms with van der Waals surface area (Å²) in [6.45, 7) is 9.98. The molecule has 0 saturated heterocycles. The van der Waals surface area contributed by atoms with Gasteiger partial charge in [0.2, 0.25) is 0 Å². The largest absolute Gasteiger partial charge is 0.397 e. The van der Waals surface area contributed by atoms with Crippen molar-refractivity contribution >= 4 is 34.0 Å². The first-order valence-corrected chi connectivity index (χ1v) is 6.69. The molecule has 16 heavy (non-hydrogen) atoms. The zero-order valence-corrected chi connectivity index (χ0v) is 12.6. The molecule has 0 fully saturated rings. The lowest BCUT2D eigenvalue weighted by Gasteiger charge is -2.30. The van der Waals surface area contributed by atoms with Crippen LogP contribution in [0.2, 0.25) is 0 Å². The number of nitrogens with one attached hydrogen (secondary N) is 1. The van der Waals surface area contributed by atoms with Gasteiger partial charge in [0, 0.05) is 10.1 Å². The summed E-state index contributed by atoms with van der Waals surface area (Å²) in [5, 5.41) is 3.43. The fraction of sp³-hybridized carbons (Fsp3) is 0.538. The van der Waals surface area contributed by atoms with Gasteiger partial charge in [-0.2, -0.15) is 0 Å². The molecule has 90 valence electrons. The summed E-state index contributed by atoms with van der Waals surface area (Å²) in [7, 11) is 0. The predicted octanol–water partition coefficient (Wildman–Crippen LogP) is 3.97. The van der Waals surface area contributed by atoms with Crippen LogP contribution in [0.25, 0.3) is 0 Å². The summed E-state index contributed by atoms with van der Waals surface area (Å²) in [6.07, 6.45) is 0. The topological polar surface area (TPSA) is 38.0 Å². The van der Waals surface area contributed by atoms with Gasteiger partial charge in [0.05, 0.1) is 11.4 Å². The van der Waals surface area contributed by atoms with Crippen molar-refractivity contribution in [3.05, 3.63) is 21.8 Å². The highest BCUT2D eigenvalue weighted by atomic mass is 127. The van der Waals surface area contributed by atoms with Crippen LogP contribution in [0.5, 0.6) is 0 Å². The van der Waals surface area contributed by atoms with Gasteiger partial charge in [-0.3, -0.25) is 0 Å². The van der Waals surface area contributed by atoms with Crippen LogP contribution in [0.1, 0.15) is 27.7 Å². The molecule has 0 atom stereocenters. The lowest BCUT2D eigenvalue weighted by Crippen LogP contribution is -2.28. The van der Waals surface area contributed by atoms with E-state index >= 15 is 0 Å². The van der Waals surface area contributed by atoms with Crippen LogP contribution in [0.4, 0.5) is 11.4 Å². The van der Waals surface area contributed by atoms with E-state index in [0.717, 1.165) is 17.9 Å². The summed E-state index contributed by atoms with van der Waals surface area (Å²) in [5.74, 6) is 0.644. The molecule has 1 rings (SSSR count). The van der Waals surface area contributed by atoms with Crippen molar-refractivity contribution in [3.63, 3.8) is 0 Å². The Bertz CT molecular complexity index is 359. The minimum absolute atomic E-state index is 0.273. The van der Waals surface area contributed by atoms with E-state index in [4.69, 9.17) is 5.73 Å². The van der Waals surface area contributed by atoms with Gasteiger partial charge < -0.3 is 11.1 Å². The molecule has 2 nitrogen and oxygen atoms in total. The Labute approximate surface area is 112 Å². The van der Waals surface area contributed by atoms with Crippen molar-refractivity contribution in [1.29, 1.82) is 0 Å². The van der Waals surface area contributed by atoms with Crippen LogP contribution in [0.15, 0.2) is 18.2 Å². The van der Waals surface area contributed by atoms with Crippen LogP contribution in [0.3, 0.4) is 0 Å². The molecule has 0 aliphatic carbocycles. The first-order chi connectivity index (χ1) is 7.33. The number of benzene rings is 1. The van der Waals surface area contributed by atoms with E-state index in [0.29, 0.717) is 5.92 Å². The molecule has 0 saturated carbocycles. The number of nitrogen functional groups attached to an aromatic ring is 1. The highest BCUT2D eigenvalue weighted by Crippen LogP contribution is 2.28. The van der Waals surface area contributed by atoms with Crippen molar-refractivity contribution in [2.75, 3.05) is 17.6 Å². The quantitative estimate of drug-likeness (QED) is 0.647. The smallest absolute Gasteiger partial charge is 0.0574 e. The summed E-state index contributed by atoms with van der Waals surface area (Å²) in [6, 6.07) is 6.11. The Morgan fingerprint density at radius 3 is 2.50 bits per heavy atom. The van der Waals surface area contributed by atoms with E-state index in [-0.39, 0.29) is 5.41 Å². The number of hydrogen-bond donors (Lipinski definition) is 2. The average molecular weight is 332 g/mol. The highest BCUT2D eigenvalue weighted by Gasteiger charge is 2.22. The molecule has 0 radical (unpaired) electrons. The Morgan fingerprint density at radius 2 is 2.00 bits per heavy atom. The van der Waals surface area contributed by atoms with E-state index in [1.165, 1.54) is 3.57 Å². The van der Waals surface area contributed by atoms with Crippen LogP contribution in [-0.2, 0) is 0 Å². The van der Waals surface area contributed by atoms with E-state index < -0.39 is 0 Å². The van der Waals surface area contributed by atoms with Crippen molar-refractivity contribution in [1.82, 2.24) is 0 Å². The number of nitrogens with two attached hydrogens (primary N) is 1. The van der Waals surface area contributed by atoms with Crippen LogP contribution < -0.4 is 11.1 Å². The fourth-order valence-electron chi connectivity index (χ4n) is 1.22. The molecule has 0 heterocycles. The van der Waals surface area contributed by atoms with Crippen molar-refractivity contribution in [3.8, 4) is 0 Å². The van der Waals surface area contributed by atoms with Gasteiger partial charge in [0.1, 0.15) is 0 Å². The Kier molecular flexibility index (Phi) is 4.47. The van der Waals surface area contributed by atoms with Gasteiger partial charge in [-0.05, 0) is 52.1 Å². The molecular formula is C13H21IN2. The predicted molar refractivity (Wildman–Crippen MR) is 80.7 cm³/mol. The first-order valence-electron chi connectivity index (χ1n) is 5.62. The van der Waals surface area contributed by atoms with Crippen LogP contribution >= 0.6 is 22.6 Å². The number of anilines is 2. The van der Waals surface area contributed by atoms with Crippen LogP contribution in [-0.4, -0.2) is 6.54 Å². The second-order valence-electron chi connectivity index (χ2n) is 5.23. The molecule has 0 spiro atoms. The summed E-state index contributed by atoms with van der Waals surface area (Å²) in [4.78, 5) is 0. The van der Waals surface area contributed by atoms with Gasteiger partial charge in [-0.25, -0.2) is 0 Å². The Balaban J connectivity index is 2.68. The fourth-order valence-corrected chi connectivity index (χ4v) is 1.74. The Morgan fingerprint density at radius 1 is 1.38 bits per heavy atom. The van der Waals surface area contributed by atoms with Gasteiger partial charge in [-0.1, -0.05) is 27.7 Å². The number of halogens is 1. The van der Waals surface area contributed by atoms with Gasteiger partial charge in [-0.15, -0.1) is 0 Å². The molecule has 0 aliphatic rings. The molecule has 0 aliphatic heterocycles. The molecule has 1 aromatic rings. The van der Waals surface area contributed by atoms with Gasteiger partial charge >= 0.3 is 0 Å². The van der Waals surface area contributed by atoms with E-state index in [9.17, 15) is 0 Å². The maximum atomic E-state index is 5.96. The van der Waals surface area contributed by atoms with Gasteiger partial charge in [0.25, 0.3) is 0 Å². The summed E-state index contributed by atoms with van der Waals surface area (Å²) >= 11 is 2.27. The second kappa shape index (κ2) is 5.25. The number of hydrogen-bond acceptors (Lipinski definition) is 2. The van der Waals surface area contributed by atoms with Crippen LogP contribution in [0, 0.1) is 14.9 Å². The van der Waals surface area contributed by atoms with Crippen molar-refractivity contribution in [2.24, 2.45) is 11.3 Å². The SMILES string of the molecule is CC(C)C(C)(C)CNc1ccc(I)cc1N. The standard InChI is InChI=1S/C13H21IN2/c1-9(2)13(3,4)8-16-12-6-5-10(14)7-11(12)15/h5-7,9,16H,8,15H2,1-4H3. The maximum absolute atomic E-state index is 5.96. The van der Waals surface area contributed by atoms with E-state index in [2.05, 4.69) is 61.7 Å². The third-order valence-corrected chi connectivity index (χ3v) is 3.98. The molecule has 3 N–H and O–H groups in total. The third kappa shape index (κ3) is 3.54. The first kappa shape index (κ1) is 13.6. The molecule has 1 aromatic carbocycles. The highest BCUT2D eigenvalue weighted by molar-refractivity contribution is 14.1. The minimum Gasteiger partial charge on any atom is -0.397 e. The van der Waals surface area contributed by atoms with E-state index in [1.807, 2.05) is 12.1 Å². The van der Waals surface area contributed by atoms with Crippen molar-refractivity contribution in [2.45, 2.75) is 27.7 Å². The monoisotopic (exact) mass is 332 g/mol. The second-order valence-corrected chi connectivity index (χ2v) is 6.47. The molecular weight excluding hydrogens is 311 g/mol. The molecule has 0 aromatic heterocycles. The van der Waals surface area contributed by atoms with Crippen molar-refractivity contribution < 1.29 is 0 Å². The minimum atomic E-state index is 0.273. The maximum Gasteiger partial charge on any atom is 0.0574 e. The van der Waals surface area contributed by atoms with Gasteiger partial charge in [0.15, 0.2) is 0 Å². The molecule has 0 amide bonds. The molecule has 0 bridgehead atoms. The number of rotatable bonds is 4. The zero-order valence-electron chi connectivity index (χ0n) is 10.5. The average Bonchev–Trinajstić information content (AvgIpc) is 2.16. The summed E-state index contributed by atoms with van der Waals surface area (Å²) in [5.41, 5.74) is 8.09. The summed E-state index contributed by atoms with van der Waals surface area (Å²) < 4.78 is 1.17. The Hall–Kier alpha value is -0.450. The third-order valence-electron chi connectivity index (χ3n) is 3.31. The molecule has 0 unspecified atom stereocenters. The normalized spacial score (nSPS) is 11.9. The molecule has 3 heteroatoms. The zero-order chi connectivity index (χ0) is 12.3.